The van der Waals surface area contributed by atoms with Gasteiger partial charge in [-0.05, 0) is 37.1 Å². The fourth-order valence-electron chi connectivity index (χ4n) is 4.68. The van der Waals surface area contributed by atoms with Gasteiger partial charge in [-0.3, -0.25) is 4.90 Å². The lowest BCUT2D eigenvalue weighted by Crippen LogP contribution is -2.50. The first-order valence-corrected chi connectivity index (χ1v) is 14.4. The number of methoxy groups -OCH3 is 1. The minimum absolute atomic E-state index is 0.169. The number of aromatic nitrogens is 3. The Bertz CT molecular complexity index is 1310. The van der Waals surface area contributed by atoms with Crippen LogP contribution >= 0.6 is 0 Å². The standard InChI is InChI=1S/C26H35N7O3S/c1-5-19(6-2)32-13-15-33(16-14-32)20-11-12-21(23(17-20)36-3)29-25-27-18-28-26(31-25)30-22-9-7-8-10-24(22)37(4,34)35/h7-12,17-19H,5-6,13-16H2,1-4H3,(H2,27,28,29,30,31). The number of hydrogen-bond acceptors (Lipinski definition) is 10. The van der Waals surface area contributed by atoms with E-state index in [1.165, 1.54) is 25.2 Å². The van der Waals surface area contributed by atoms with Crippen molar-refractivity contribution in [2.75, 3.05) is 55.1 Å². The van der Waals surface area contributed by atoms with Crippen LogP contribution in [0, 0.1) is 0 Å². The Morgan fingerprint density at radius 1 is 0.946 bits per heavy atom. The molecule has 3 aromatic rings. The van der Waals surface area contributed by atoms with E-state index in [0.717, 1.165) is 43.8 Å². The molecule has 2 heterocycles. The van der Waals surface area contributed by atoms with Crippen LogP contribution in [0.5, 0.6) is 5.75 Å². The van der Waals surface area contributed by atoms with Crippen molar-refractivity contribution in [1.29, 1.82) is 0 Å². The minimum Gasteiger partial charge on any atom is -0.494 e. The summed E-state index contributed by atoms with van der Waals surface area (Å²) in [5.41, 5.74) is 2.23. The average molecular weight is 526 g/mol. The van der Waals surface area contributed by atoms with E-state index in [2.05, 4.69) is 55.3 Å². The average Bonchev–Trinajstić information content (AvgIpc) is 2.90. The zero-order valence-corrected chi connectivity index (χ0v) is 22.6. The van der Waals surface area contributed by atoms with Gasteiger partial charge in [0, 0.05) is 50.2 Å². The molecule has 11 heteroatoms. The van der Waals surface area contributed by atoms with Gasteiger partial charge in [-0.2, -0.15) is 4.98 Å². The molecule has 1 aliphatic rings. The van der Waals surface area contributed by atoms with Crippen LogP contribution in [0.2, 0.25) is 0 Å². The van der Waals surface area contributed by atoms with Gasteiger partial charge >= 0.3 is 0 Å². The third kappa shape index (κ3) is 6.47. The van der Waals surface area contributed by atoms with Gasteiger partial charge in [-0.15, -0.1) is 0 Å². The van der Waals surface area contributed by atoms with Crippen LogP contribution in [-0.2, 0) is 9.84 Å². The topological polar surface area (TPSA) is 113 Å². The van der Waals surface area contributed by atoms with Crippen molar-refractivity contribution in [1.82, 2.24) is 19.9 Å². The number of anilines is 5. The molecule has 0 spiro atoms. The number of hydrogen-bond donors (Lipinski definition) is 2. The molecule has 0 saturated carbocycles. The van der Waals surface area contributed by atoms with E-state index in [9.17, 15) is 8.42 Å². The molecular formula is C26H35N7O3S. The Morgan fingerprint density at radius 3 is 2.22 bits per heavy atom. The predicted molar refractivity (Wildman–Crippen MR) is 147 cm³/mol. The SMILES string of the molecule is CCC(CC)N1CCN(c2ccc(Nc3ncnc(Nc4ccccc4S(C)(=O)=O)n3)c(OC)c2)CC1. The zero-order chi connectivity index (χ0) is 26.4. The van der Waals surface area contributed by atoms with Crippen LogP contribution in [-0.4, -0.2) is 73.9 Å². The lowest BCUT2D eigenvalue weighted by Gasteiger charge is -2.40. The summed E-state index contributed by atoms with van der Waals surface area (Å²) in [5.74, 6) is 1.20. The highest BCUT2D eigenvalue weighted by atomic mass is 32.2. The number of sulfone groups is 1. The third-order valence-corrected chi connectivity index (χ3v) is 7.83. The molecule has 2 aromatic carbocycles. The highest BCUT2D eigenvalue weighted by molar-refractivity contribution is 7.90. The molecule has 0 amide bonds. The Hall–Kier alpha value is -3.44. The molecule has 10 nitrogen and oxygen atoms in total. The number of para-hydroxylation sites is 1. The van der Waals surface area contributed by atoms with E-state index in [-0.39, 0.29) is 10.8 Å². The number of rotatable bonds is 10. The normalized spacial score (nSPS) is 14.6. The Labute approximate surface area is 219 Å². The second-order valence-corrected chi connectivity index (χ2v) is 11.0. The first-order valence-electron chi connectivity index (χ1n) is 12.5. The summed E-state index contributed by atoms with van der Waals surface area (Å²) < 4.78 is 29.9. The van der Waals surface area contributed by atoms with Gasteiger partial charge in [-0.25, -0.2) is 18.4 Å². The smallest absolute Gasteiger partial charge is 0.232 e. The second-order valence-electron chi connectivity index (χ2n) is 9.03. The van der Waals surface area contributed by atoms with Crippen molar-refractivity contribution in [3.63, 3.8) is 0 Å². The molecule has 0 bridgehead atoms. The van der Waals surface area contributed by atoms with Crippen LogP contribution in [0.1, 0.15) is 26.7 Å². The Morgan fingerprint density at radius 2 is 1.59 bits per heavy atom. The monoisotopic (exact) mass is 525 g/mol. The summed E-state index contributed by atoms with van der Waals surface area (Å²) in [6, 6.07) is 13.3. The molecule has 198 valence electrons. The maximum atomic E-state index is 12.1. The number of nitrogens with one attached hydrogen (secondary N) is 2. The van der Waals surface area contributed by atoms with Crippen molar-refractivity contribution in [3.8, 4) is 5.75 Å². The van der Waals surface area contributed by atoms with Crippen LogP contribution in [0.15, 0.2) is 53.7 Å². The summed E-state index contributed by atoms with van der Waals surface area (Å²) in [6.07, 6.45) is 4.89. The highest BCUT2D eigenvalue weighted by Gasteiger charge is 2.22. The van der Waals surface area contributed by atoms with E-state index in [0.29, 0.717) is 23.4 Å². The van der Waals surface area contributed by atoms with Crippen LogP contribution < -0.4 is 20.3 Å². The van der Waals surface area contributed by atoms with Gasteiger partial charge in [0.25, 0.3) is 0 Å². The summed E-state index contributed by atoms with van der Waals surface area (Å²) >= 11 is 0. The summed E-state index contributed by atoms with van der Waals surface area (Å²) in [4.78, 5) is 17.9. The van der Waals surface area contributed by atoms with Crippen LogP contribution in [0.25, 0.3) is 0 Å². The van der Waals surface area contributed by atoms with Crippen molar-refractivity contribution >= 4 is 38.8 Å². The molecule has 37 heavy (non-hydrogen) atoms. The van der Waals surface area contributed by atoms with Gasteiger partial charge < -0.3 is 20.3 Å². The number of piperazine rings is 1. The summed E-state index contributed by atoms with van der Waals surface area (Å²) in [7, 11) is -1.78. The first-order chi connectivity index (χ1) is 17.8. The van der Waals surface area contributed by atoms with Crippen molar-refractivity contribution in [2.24, 2.45) is 0 Å². The lowest BCUT2D eigenvalue weighted by molar-refractivity contribution is 0.175. The van der Waals surface area contributed by atoms with Crippen LogP contribution in [0.3, 0.4) is 0 Å². The van der Waals surface area contributed by atoms with Crippen molar-refractivity contribution in [2.45, 2.75) is 37.6 Å². The maximum absolute atomic E-state index is 12.1. The van der Waals surface area contributed by atoms with E-state index >= 15 is 0 Å². The van der Waals surface area contributed by atoms with Gasteiger partial charge in [0.05, 0.1) is 23.4 Å². The quantitative estimate of drug-likeness (QED) is 0.401. The van der Waals surface area contributed by atoms with Crippen molar-refractivity contribution < 1.29 is 13.2 Å². The minimum atomic E-state index is -3.42. The summed E-state index contributed by atoms with van der Waals surface area (Å²) in [6.45, 7) is 8.58. The molecule has 1 aromatic heterocycles. The second kappa shape index (κ2) is 11.7. The van der Waals surface area contributed by atoms with Gasteiger partial charge in [0.1, 0.15) is 12.1 Å². The molecule has 0 radical (unpaired) electrons. The largest absolute Gasteiger partial charge is 0.494 e. The van der Waals surface area contributed by atoms with Gasteiger partial charge in [0.2, 0.25) is 11.9 Å². The van der Waals surface area contributed by atoms with Crippen LogP contribution in [0.4, 0.5) is 29.0 Å². The molecule has 2 N–H and O–H groups in total. The summed E-state index contributed by atoms with van der Waals surface area (Å²) in [5, 5.41) is 6.17. The lowest BCUT2D eigenvalue weighted by atomic mass is 10.1. The number of ether oxygens (including phenoxy) is 1. The molecule has 1 aliphatic heterocycles. The predicted octanol–water partition coefficient (Wildman–Crippen LogP) is 4.08. The third-order valence-electron chi connectivity index (χ3n) is 6.67. The van der Waals surface area contributed by atoms with Gasteiger partial charge in [0.15, 0.2) is 9.84 Å². The molecule has 0 unspecified atom stereocenters. The Kier molecular flexibility index (Phi) is 8.45. The van der Waals surface area contributed by atoms with E-state index in [1.807, 2.05) is 12.1 Å². The molecule has 4 rings (SSSR count). The van der Waals surface area contributed by atoms with E-state index in [4.69, 9.17) is 4.74 Å². The first kappa shape index (κ1) is 26.6. The Balaban J connectivity index is 1.47. The fourth-order valence-corrected chi connectivity index (χ4v) is 5.53. The molecular weight excluding hydrogens is 490 g/mol. The zero-order valence-electron chi connectivity index (χ0n) is 21.8. The number of benzene rings is 2. The molecule has 0 aliphatic carbocycles. The van der Waals surface area contributed by atoms with E-state index in [1.54, 1.807) is 25.3 Å². The molecule has 0 atom stereocenters. The molecule has 1 saturated heterocycles. The fraction of sp³-hybridized carbons (Fsp3) is 0.423. The highest BCUT2D eigenvalue weighted by Crippen LogP contribution is 2.32. The molecule has 1 fully saturated rings. The maximum Gasteiger partial charge on any atom is 0.232 e. The number of nitrogens with zero attached hydrogens (tertiary/aromatic N) is 5. The van der Waals surface area contributed by atoms with Crippen molar-refractivity contribution in [3.05, 3.63) is 48.8 Å². The van der Waals surface area contributed by atoms with E-state index < -0.39 is 9.84 Å². The van der Waals surface area contributed by atoms with Gasteiger partial charge in [-0.1, -0.05) is 26.0 Å².